The van der Waals surface area contributed by atoms with Crippen molar-refractivity contribution in [1.29, 1.82) is 0 Å². The summed E-state index contributed by atoms with van der Waals surface area (Å²) in [7, 11) is 3.03. The third-order valence-corrected chi connectivity index (χ3v) is 4.62. The molecule has 23 heavy (non-hydrogen) atoms. The number of thioether (sulfide) groups is 1. The van der Waals surface area contributed by atoms with Gasteiger partial charge >= 0.3 is 5.97 Å². The number of carbonyl (C=O) groups excluding carboxylic acids is 1. The largest absolute Gasteiger partial charge is 0.493 e. The van der Waals surface area contributed by atoms with Gasteiger partial charge in [-0.1, -0.05) is 36.1 Å². The van der Waals surface area contributed by atoms with E-state index < -0.39 is 17.9 Å². The summed E-state index contributed by atoms with van der Waals surface area (Å²) in [6.07, 6.45) is 1.62. The van der Waals surface area contributed by atoms with Crippen molar-refractivity contribution in [1.82, 2.24) is 4.90 Å². The van der Waals surface area contributed by atoms with Gasteiger partial charge in [-0.3, -0.25) is 9.69 Å². The topological polar surface area (TPSA) is 76.1 Å². The van der Waals surface area contributed by atoms with Crippen LogP contribution in [0.5, 0.6) is 11.5 Å². The van der Waals surface area contributed by atoms with Gasteiger partial charge in [0.2, 0.25) is 0 Å². The number of carboxylic acids is 1. The Kier molecular flexibility index (Phi) is 5.27. The minimum Gasteiger partial charge on any atom is -0.493 e. The molecule has 0 radical (unpaired) electrons. The Balaban J connectivity index is 2.40. The number of hydrogen-bond donors (Lipinski definition) is 1. The normalized spacial score (nSPS) is 17.5. The van der Waals surface area contributed by atoms with Crippen LogP contribution < -0.4 is 9.47 Å². The first-order chi connectivity index (χ1) is 10.9. The molecule has 1 N–H and O–H groups in total. The minimum atomic E-state index is -1.11. The fourth-order valence-electron chi connectivity index (χ4n) is 2.09. The molecular weight excluding hydrogens is 338 g/mol. The van der Waals surface area contributed by atoms with Gasteiger partial charge in [0.15, 0.2) is 11.5 Å². The van der Waals surface area contributed by atoms with Gasteiger partial charge in [0.25, 0.3) is 5.91 Å². The predicted molar refractivity (Wildman–Crippen MR) is 91.7 cm³/mol. The smallest absolute Gasteiger partial charge is 0.326 e. The summed E-state index contributed by atoms with van der Waals surface area (Å²) in [5, 5.41) is 9.09. The fourth-order valence-corrected chi connectivity index (χ4v) is 3.50. The molecule has 1 fully saturated rings. The van der Waals surface area contributed by atoms with Crippen molar-refractivity contribution in [2.75, 3.05) is 14.2 Å². The quantitative estimate of drug-likeness (QED) is 0.643. The van der Waals surface area contributed by atoms with Crippen molar-refractivity contribution >= 4 is 46.3 Å². The van der Waals surface area contributed by atoms with Crippen molar-refractivity contribution in [3.05, 3.63) is 28.7 Å². The van der Waals surface area contributed by atoms with Gasteiger partial charge in [0, 0.05) is 5.56 Å². The average Bonchev–Trinajstić information content (AvgIpc) is 2.80. The molecule has 0 spiro atoms. The maximum atomic E-state index is 12.4. The summed E-state index contributed by atoms with van der Waals surface area (Å²) < 4.78 is 10.8. The van der Waals surface area contributed by atoms with Gasteiger partial charge in [-0.25, -0.2) is 4.79 Å². The van der Waals surface area contributed by atoms with Gasteiger partial charge in [0.1, 0.15) is 10.4 Å². The van der Waals surface area contributed by atoms with Crippen molar-refractivity contribution in [3.8, 4) is 11.5 Å². The van der Waals surface area contributed by atoms with E-state index in [9.17, 15) is 9.59 Å². The molecule has 1 heterocycles. The highest BCUT2D eigenvalue weighted by Crippen LogP contribution is 2.37. The number of carbonyl (C=O) groups is 2. The highest BCUT2D eigenvalue weighted by atomic mass is 32.2. The van der Waals surface area contributed by atoms with Crippen LogP contribution in [0.1, 0.15) is 12.5 Å². The van der Waals surface area contributed by atoms with Crippen LogP contribution in [0.3, 0.4) is 0 Å². The van der Waals surface area contributed by atoms with E-state index >= 15 is 0 Å². The monoisotopic (exact) mass is 353 g/mol. The molecule has 6 nitrogen and oxygen atoms in total. The lowest BCUT2D eigenvalue weighted by Crippen LogP contribution is -2.41. The molecule has 1 aliphatic rings. The van der Waals surface area contributed by atoms with Crippen LogP contribution in [-0.2, 0) is 9.59 Å². The third kappa shape index (κ3) is 3.32. The van der Waals surface area contributed by atoms with E-state index in [4.69, 9.17) is 26.8 Å². The molecular formula is C15H15NO5S2. The van der Waals surface area contributed by atoms with Crippen molar-refractivity contribution < 1.29 is 24.2 Å². The molecule has 0 saturated carbocycles. The zero-order valence-corrected chi connectivity index (χ0v) is 14.4. The first-order valence-electron chi connectivity index (χ1n) is 6.61. The van der Waals surface area contributed by atoms with Gasteiger partial charge in [-0.2, -0.15) is 0 Å². The summed E-state index contributed by atoms with van der Waals surface area (Å²) in [6.45, 7) is 1.42. The second kappa shape index (κ2) is 7.01. The first kappa shape index (κ1) is 17.3. The van der Waals surface area contributed by atoms with Crippen LogP contribution >= 0.6 is 24.0 Å². The summed E-state index contributed by atoms with van der Waals surface area (Å²) in [5.41, 5.74) is 0.648. The molecule has 0 bridgehead atoms. The van der Waals surface area contributed by atoms with E-state index in [0.717, 1.165) is 16.7 Å². The Labute approximate surface area is 143 Å². The summed E-state index contributed by atoms with van der Waals surface area (Å²) in [6, 6.07) is 4.27. The molecule has 1 aromatic rings. The molecule has 1 aliphatic heterocycles. The number of hydrogen-bond acceptors (Lipinski definition) is 6. The van der Waals surface area contributed by atoms with Gasteiger partial charge in [0.05, 0.1) is 19.1 Å². The van der Waals surface area contributed by atoms with Gasteiger partial charge in [-0.15, -0.1) is 0 Å². The van der Waals surface area contributed by atoms with Crippen LogP contribution in [0.25, 0.3) is 6.08 Å². The molecule has 1 aromatic carbocycles. The molecule has 1 amide bonds. The average molecular weight is 353 g/mol. The number of rotatable bonds is 5. The maximum Gasteiger partial charge on any atom is 0.326 e. The number of methoxy groups -OCH3 is 2. The van der Waals surface area contributed by atoms with Crippen LogP contribution in [0.2, 0.25) is 0 Å². The van der Waals surface area contributed by atoms with Crippen LogP contribution in [0.4, 0.5) is 0 Å². The zero-order chi connectivity index (χ0) is 17.1. The van der Waals surface area contributed by atoms with Gasteiger partial charge < -0.3 is 14.6 Å². The highest BCUT2D eigenvalue weighted by Gasteiger charge is 2.38. The summed E-state index contributed by atoms with van der Waals surface area (Å²) in [5.74, 6) is -0.511. The Morgan fingerprint density at radius 2 is 2.09 bits per heavy atom. The fraction of sp³-hybridized carbons (Fsp3) is 0.267. The predicted octanol–water partition coefficient (Wildman–Crippen LogP) is 2.38. The number of ether oxygens (including phenoxy) is 2. The number of nitrogens with zero attached hydrogens (tertiary/aromatic N) is 1. The van der Waals surface area contributed by atoms with Crippen molar-refractivity contribution in [2.24, 2.45) is 0 Å². The van der Waals surface area contributed by atoms with E-state index in [2.05, 4.69) is 0 Å². The standard InChI is InChI=1S/C15H15NO5S2/c1-8(14(18)19)16-13(17)11(23-15(16)22)7-9-5-4-6-10(20-2)12(9)21-3/h4-8H,1-3H3,(H,18,19)/t8-/m0/s1. The Morgan fingerprint density at radius 1 is 1.39 bits per heavy atom. The highest BCUT2D eigenvalue weighted by molar-refractivity contribution is 8.26. The number of amides is 1. The number of thiocarbonyl (C=S) groups is 1. The lowest BCUT2D eigenvalue weighted by Gasteiger charge is -2.18. The minimum absolute atomic E-state index is 0.220. The Hall–Kier alpha value is -2.06. The second-order valence-electron chi connectivity index (χ2n) is 4.65. The SMILES string of the molecule is COc1cccc(C=C2SC(=S)N([C@@H](C)C(=O)O)C2=O)c1OC. The van der Waals surface area contributed by atoms with E-state index in [0.29, 0.717) is 22.0 Å². The molecule has 0 aromatic heterocycles. The van der Waals surface area contributed by atoms with E-state index in [-0.39, 0.29) is 4.32 Å². The van der Waals surface area contributed by atoms with Gasteiger partial charge in [-0.05, 0) is 19.1 Å². The van der Waals surface area contributed by atoms with Crippen molar-refractivity contribution in [2.45, 2.75) is 13.0 Å². The van der Waals surface area contributed by atoms with E-state index in [1.807, 2.05) is 0 Å². The lowest BCUT2D eigenvalue weighted by atomic mass is 10.1. The Morgan fingerprint density at radius 3 is 2.65 bits per heavy atom. The molecule has 1 atom stereocenters. The molecule has 122 valence electrons. The number of para-hydroxylation sites is 1. The summed E-state index contributed by atoms with van der Waals surface area (Å²) in [4.78, 5) is 25.0. The van der Waals surface area contributed by atoms with Crippen LogP contribution in [0, 0.1) is 0 Å². The molecule has 2 rings (SSSR count). The van der Waals surface area contributed by atoms with Crippen LogP contribution in [0.15, 0.2) is 23.1 Å². The number of benzene rings is 1. The zero-order valence-electron chi connectivity index (χ0n) is 12.7. The first-order valence-corrected chi connectivity index (χ1v) is 7.84. The lowest BCUT2D eigenvalue weighted by molar-refractivity contribution is -0.144. The summed E-state index contributed by atoms with van der Waals surface area (Å²) >= 11 is 6.19. The molecule has 8 heteroatoms. The van der Waals surface area contributed by atoms with Crippen LogP contribution in [-0.4, -0.2) is 46.5 Å². The third-order valence-electron chi connectivity index (χ3n) is 3.29. The van der Waals surface area contributed by atoms with E-state index in [1.165, 1.54) is 21.1 Å². The second-order valence-corrected chi connectivity index (χ2v) is 6.32. The number of aliphatic carboxylic acids is 1. The van der Waals surface area contributed by atoms with E-state index in [1.54, 1.807) is 24.3 Å². The Bertz CT molecular complexity index is 701. The molecule has 0 aliphatic carbocycles. The maximum absolute atomic E-state index is 12.4. The van der Waals surface area contributed by atoms with Crippen molar-refractivity contribution in [3.63, 3.8) is 0 Å². The molecule has 1 saturated heterocycles. The molecule has 0 unspecified atom stereocenters. The number of carboxylic acid groups (broad SMARTS) is 1.